The molecule has 28 heavy (non-hydrogen) atoms. The van der Waals surface area contributed by atoms with Crippen LogP contribution in [0.3, 0.4) is 0 Å². The van der Waals surface area contributed by atoms with E-state index in [1.54, 1.807) is 17.9 Å². The third-order valence-electron chi connectivity index (χ3n) is 5.02. The first-order chi connectivity index (χ1) is 13.7. The fraction of sp³-hybridized carbons (Fsp3) is 0.316. The summed E-state index contributed by atoms with van der Waals surface area (Å²) in [5.74, 6) is 1.04. The molecule has 142 valence electrons. The molecular weight excluding hydrogens is 360 g/mol. The van der Waals surface area contributed by atoms with E-state index in [-0.39, 0.29) is 24.1 Å². The predicted octanol–water partition coefficient (Wildman–Crippen LogP) is 1.81. The molecule has 5 rings (SSSR count). The molecule has 1 saturated heterocycles. The molecule has 0 radical (unpaired) electrons. The molecule has 3 aromatic heterocycles. The Morgan fingerprint density at radius 3 is 2.86 bits per heavy atom. The summed E-state index contributed by atoms with van der Waals surface area (Å²) in [5.41, 5.74) is 1.82. The van der Waals surface area contributed by atoms with Gasteiger partial charge in [-0.25, -0.2) is 9.97 Å². The second-order valence-corrected chi connectivity index (χ2v) is 6.92. The van der Waals surface area contributed by atoms with Crippen LogP contribution >= 0.6 is 0 Å². The Kier molecular flexibility index (Phi) is 4.01. The Bertz CT molecular complexity index is 1180. The van der Waals surface area contributed by atoms with Gasteiger partial charge in [0.05, 0.1) is 19.0 Å². The molecule has 0 aliphatic carbocycles. The van der Waals surface area contributed by atoms with E-state index in [1.807, 2.05) is 18.2 Å². The Morgan fingerprint density at radius 1 is 1.18 bits per heavy atom. The Hall–Kier alpha value is -3.33. The number of benzene rings is 1. The first-order valence-corrected chi connectivity index (χ1v) is 9.04. The summed E-state index contributed by atoms with van der Waals surface area (Å²) in [7, 11) is 1.76. The first kappa shape index (κ1) is 16.8. The largest absolute Gasteiger partial charge is 0.373 e. The Balaban J connectivity index is 1.34. The van der Waals surface area contributed by atoms with Crippen molar-refractivity contribution in [1.82, 2.24) is 29.2 Å². The molecule has 0 N–H and O–H groups in total. The van der Waals surface area contributed by atoms with Gasteiger partial charge in [-0.3, -0.25) is 9.36 Å². The van der Waals surface area contributed by atoms with Crippen LogP contribution in [-0.4, -0.2) is 35.8 Å². The third-order valence-corrected chi connectivity index (χ3v) is 5.02. The van der Waals surface area contributed by atoms with Gasteiger partial charge in [0.15, 0.2) is 17.0 Å². The molecule has 4 aromatic rings. The average Bonchev–Trinajstić information content (AvgIpc) is 3.45. The van der Waals surface area contributed by atoms with Crippen LogP contribution in [0.5, 0.6) is 0 Å². The maximum absolute atomic E-state index is 12.6. The molecule has 0 saturated carbocycles. The van der Waals surface area contributed by atoms with Crippen LogP contribution in [0.1, 0.15) is 35.7 Å². The molecule has 0 unspecified atom stereocenters. The minimum atomic E-state index is -0.196. The van der Waals surface area contributed by atoms with Crippen molar-refractivity contribution < 1.29 is 9.26 Å². The van der Waals surface area contributed by atoms with Crippen molar-refractivity contribution in [2.45, 2.75) is 25.0 Å². The number of fused-ring (bicyclic) bond motifs is 1. The fourth-order valence-corrected chi connectivity index (χ4v) is 3.53. The second-order valence-electron chi connectivity index (χ2n) is 6.92. The molecule has 0 bridgehead atoms. The topological polar surface area (TPSA) is 101 Å². The van der Waals surface area contributed by atoms with E-state index in [2.05, 4.69) is 32.2 Å². The van der Waals surface area contributed by atoms with Gasteiger partial charge in [0, 0.05) is 13.0 Å². The summed E-state index contributed by atoms with van der Waals surface area (Å²) in [4.78, 5) is 25.4. The summed E-state index contributed by atoms with van der Waals surface area (Å²) < 4.78 is 14.4. The lowest BCUT2D eigenvalue weighted by Crippen LogP contribution is -2.22. The molecule has 1 aromatic carbocycles. The van der Waals surface area contributed by atoms with Gasteiger partial charge in [0.2, 0.25) is 5.89 Å². The highest BCUT2D eigenvalue weighted by Crippen LogP contribution is 2.36. The van der Waals surface area contributed by atoms with Crippen LogP contribution in [0.15, 0.2) is 52.3 Å². The standard InChI is InChI=1S/C19H18N6O3/c1-24-10-20-18-16(24)19(26)25(11-21-18)8-15-22-17(23-28-15)13-7-14(27-9-13)12-5-3-2-4-6-12/h2-6,10-11,13-14H,7-9H2,1H3/t13-,14+/m0/s1. The van der Waals surface area contributed by atoms with Crippen molar-refractivity contribution >= 4 is 11.2 Å². The number of rotatable bonds is 4. The number of ether oxygens (including phenoxy) is 1. The zero-order valence-electron chi connectivity index (χ0n) is 15.2. The highest BCUT2D eigenvalue weighted by atomic mass is 16.5. The summed E-state index contributed by atoms with van der Waals surface area (Å²) in [6, 6.07) is 10.1. The van der Waals surface area contributed by atoms with E-state index >= 15 is 0 Å². The fourth-order valence-electron chi connectivity index (χ4n) is 3.53. The number of hydrogen-bond acceptors (Lipinski definition) is 7. The van der Waals surface area contributed by atoms with Gasteiger partial charge in [-0.2, -0.15) is 4.98 Å². The van der Waals surface area contributed by atoms with Crippen molar-refractivity contribution in [3.8, 4) is 0 Å². The van der Waals surface area contributed by atoms with E-state index < -0.39 is 0 Å². The van der Waals surface area contributed by atoms with Crippen LogP contribution in [0.25, 0.3) is 11.2 Å². The van der Waals surface area contributed by atoms with E-state index in [0.29, 0.717) is 29.5 Å². The molecular formula is C19H18N6O3. The molecule has 9 heteroatoms. The molecule has 1 aliphatic heterocycles. The minimum Gasteiger partial charge on any atom is -0.373 e. The van der Waals surface area contributed by atoms with Crippen molar-refractivity contribution in [1.29, 1.82) is 0 Å². The number of aryl methyl sites for hydroxylation is 1. The van der Waals surface area contributed by atoms with Crippen LogP contribution in [0.2, 0.25) is 0 Å². The van der Waals surface area contributed by atoms with E-state index in [1.165, 1.54) is 10.9 Å². The number of nitrogens with zero attached hydrogens (tertiary/aromatic N) is 6. The molecule has 1 aliphatic rings. The third kappa shape index (κ3) is 2.89. The quantitative estimate of drug-likeness (QED) is 0.534. The highest BCUT2D eigenvalue weighted by molar-refractivity contribution is 5.68. The molecule has 1 fully saturated rings. The Labute approximate surface area is 159 Å². The summed E-state index contributed by atoms with van der Waals surface area (Å²) in [5, 5.41) is 4.10. The summed E-state index contributed by atoms with van der Waals surface area (Å²) in [6.45, 7) is 0.705. The molecule has 0 amide bonds. The van der Waals surface area contributed by atoms with Crippen molar-refractivity contribution in [3.63, 3.8) is 0 Å². The maximum atomic E-state index is 12.6. The lowest BCUT2D eigenvalue weighted by molar-refractivity contribution is 0.110. The second kappa shape index (κ2) is 6.68. The summed E-state index contributed by atoms with van der Waals surface area (Å²) in [6.07, 6.45) is 3.85. The van der Waals surface area contributed by atoms with Crippen LogP contribution in [0.4, 0.5) is 0 Å². The smallest absolute Gasteiger partial charge is 0.280 e. The van der Waals surface area contributed by atoms with Crippen molar-refractivity contribution in [2.75, 3.05) is 6.61 Å². The van der Waals surface area contributed by atoms with Gasteiger partial charge in [-0.05, 0) is 12.0 Å². The normalized spacial score (nSPS) is 19.5. The van der Waals surface area contributed by atoms with Crippen LogP contribution in [-0.2, 0) is 18.3 Å². The number of hydrogen-bond donors (Lipinski definition) is 0. The van der Waals surface area contributed by atoms with E-state index in [9.17, 15) is 4.79 Å². The van der Waals surface area contributed by atoms with Gasteiger partial charge in [0.1, 0.15) is 12.9 Å². The monoisotopic (exact) mass is 378 g/mol. The number of aromatic nitrogens is 6. The van der Waals surface area contributed by atoms with Crippen molar-refractivity contribution in [2.24, 2.45) is 7.05 Å². The lowest BCUT2D eigenvalue weighted by atomic mass is 10.0. The zero-order valence-corrected chi connectivity index (χ0v) is 15.2. The molecule has 4 heterocycles. The van der Waals surface area contributed by atoms with Gasteiger partial charge in [-0.15, -0.1) is 0 Å². The van der Waals surface area contributed by atoms with E-state index in [0.717, 1.165) is 12.0 Å². The average molecular weight is 378 g/mol. The SMILES string of the molecule is Cn1cnc2ncn(Cc3nc([C@@H]4CO[C@@H](c5ccccc5)C4)no3)c(=O)c21. The molecule has 2 atom stereocenters. The number of imidazole rings is 1. The summed E-state index contributed by atoms with van der Waals surface area (Å²) >= 11 is 0. The maximum Gasteiger partial charge on any atom is 0.280 e. The predicted molar refractivity (Wildman–Crippen MR) is 98.7 cm³/mol. The minimum absolute atomic E-state index is 0.0345. The van der Waals surface area contributed by atoms with E-state index in [4.69, 9.17) is 9.26 Å². The lowest BCUT2D eigenvalue weighted by Gasteiger charge is -2.08. The molecule has 0 spiro atoms. The Morgan fingerprint density at radius 2 is 2.00 bits per heavy atom. The van der Waals surface area contributed by atoms with Gasteiger partial charge in [-0.1, -0.05) is 35.5 Å². The molecule has 9 nitrogen and oxygen atoms in total. The zero-order chi connectivity index (χ0) is 19.1. The van der Waals surface area contributed by atoms with Gasteiger partial charge < -0.3 is 13.8 Å². The van der Waals surface area contributed by atoms with Gasteiger partial charge in [0.25, 0.3) is 5.56 Å². The van der Waals surface area contributed by atoms with Crippen LogP contribution in [0, 0.1) is 0 Å². The first-order valence-electron chi connectivity index (χ1n) is 9.04. The van der Waals surface area contributed by atoms with Crippen molar-refractivity contribution in [3.05, 3.63) is 70.6 Å². The van der Waals surface area contributed by atoms with Crippen LogP contribution < -0.4 is 5.56 Å². The highest BCUT2D eigenvalue weighted by Gasteiger charge is 2.31. The van der Waals surface area contributed by atoms with Gasteiger partial charge >= 0.3 is 0 Å².